The van der Waals surface area contributed by atoms with Gasteiger partial charge in [0.25, 0.3) is 5.91 Å². The number of carbonyl (C=O) groups is 3. The number of nitrogens with one attached hydrogen (secondary N) is 2. The SMILES string of the molecule is CCOc1ccc(/C=C/C(=O)OCC(=O)NC(=O)N[C@H](C)CC)cc1OC. The van der Waals surface area contributed by atoms with E-state index in [1.54, 1.807) is 18.2 Å². The number of methoxy groups -OCH3 is 1. The van der Waals surface area contributed by atoms with Crippen molar-refractivity contribution in [3.05, 3.63) is 29.8 Å². The van der Waals surface area contributed by atoms with Crippen LogP contribution in [0.2, 0.25) is 0 Å². The van der Waals surface area contributed by atoms with E-state index in [1.165, 1.54) is 19.3 Å². The third-order valence-electron chi connectivity index (χ3n) is 3.49. The van der Waals surface area contributed by atoms with Gasteiger partial charge in [-0.25, -0.2) is 9.59 Å². The molecule has 1 aromatic carbocycles. The number of rotatable bonds is 9. The van der Waals surface area contributed by atoms with Crippen molar-refractivity contribution in [2.45, 2.75) is 33.2 Å². The second kappa shape index (κ2) is 11.6. The summed E-state index contributed by atoms with van der Waals surface area (Å²) >= 11 is 0. The zero-order valence-electron chi connectivity index (χ0n) is 16.0. The molecule has 0 bridgehead atoms. The molecule has 0 aliphatic carbocycles. The van der Waals surface area contributed by atoms with Crippen LogP contribution >= 0.6 is 0 Å². The Kier molecular flexibility index (Phi) is 9.42. The highest BCUT2D eigenvalue weighted by atomic mass is 16.5. The van der Waals surface area contributed by atoms with Gasteiger partial charge in [0.15, 0.2) is 18.1 Å². The highest BCUT2D eigenvalue weighted by Gasteiger charge is 2.11. The highest BCUT2D eigenvalue weighted by Crippen LogP contribution is 2.28. The second-order valence-electron chi connectivity index (χ2n) is 5.62. The lowest BCUT2D eigenvalue weighted by atomic mass is 10.2. The van der Waals surface area contributed by atoms with Crippen LogP contribution in [0.4, 0.5) is 4.79 Å². The predicted octanol–water partition coefficient (Wildman–Crippen LogP) is 2.27. The zero-order valence-corrected chi connectivity index (χ0v) is 16.0. The lowest BCUT2D eigenvalue weighted by Crippen LogP contribution is -2.44. The van der Waals surface area contributed by atoms with Crippen molar-refractivity contribution in [2.24, 2.45) is 0 Å². The van der Waals surface area contributed by atoms with E-state index in [9.17, 15) is 14.4 Å². The van der Waals surface area contributed by atoms with Crippen LogP contribution in [-0.4, -0.2) is 44.3 Å². The van der Waals surface area contributed by atoms with Crippen LogP contribution in [-0.2, 0) is 14.3 Å². The maximum atomic E-state index is 11.7. The third-order valence-corrected chi connectivity index (χ3v) is 3.49. The molecule has 2 N–H and O–H groups in total. The van der Waals surface area contributed by atoms with Crippen molar-refractivity contribution in [1.29, 1.82) is 0 Å². The first-order chi connectivity index (χ1) is 12.9. The van der Waals surface area contributed by atoms with Gasteiger partial charge in [-0.05, 0) is 44.0 Å². The molecule has 1 rings (SSSR count). The van der Waals surface area contributed by atoms with E-state index in [2.05, 4.69) is 10.6 Å². The number of ether oxygens (including phenoxy) is 3. The van der Waals surface area contributed by atoms with E-state index < -0.39 is 24.5 Å². The monoisotopic (exact) mass is 378 g/mol. The molecule has 27 heavy (non-hydrogen) atoms. The molecule has 0 unspecified atom stereocenters. The predicted molar refractivity (Wildman–Crippen MR) is 101 cm³/mol. The quantitative estimate of drug-likeness (QED) is 0.505. The van der Waals surface area contributed by atoms with Crippen molar-refractivity contribution in [3.8, 4) is 11.5 Å². The Morgan fingerprint density at radius 3 is 2.56 bits per heavy atom. The van der Waals surface area contributed by atoms with E-state index in [0.29, 0.717) is 23.7 Å². The van der Waals surface area contributed by atoms with Crippen molar-refractivity contribution in [1.82, 2.24) is 10.6 Å². The molecule has 0 fully saturated rings. The van der Waals surface area contributed by atoms with Gasteiger partial charge in [0.1, 0.15) is 0 Å². The summed E-state index contributed by atoms with van der Waals surface area (Å²) in [6.07, 6.45) is 3.44. The van der Waals surface area contributed by atoms with E-state index in [0.717, 1.165) is 6.42 Å². The Morgan fingerprint density at radius 2 is 1.93 bits per heavy atom. The summed E-state index contributed by atoms with van der Waals surface area (Å²) in [5.74, 6) is -0.272. The summed E-state index contributed by atoms with van der Waals surface area (Å²) in [4.78, 5) is 34.8. The molecule has 0 aliphatic heterocycles. The van der Waals surface area contributed by atoms with Gasteiger partial charge in [-0.2, -0.15) is 0 Å². The summed E-state index contributed by atoms with van der Waals surface area (Å²) in [5, 5.41) is 4.66. The molecule has 0 spiro atoms. The molecule has 148 valence electrons. The van der Waals surface area contributed by atoms with Gasteiger partial charge in [0.05, 0.1) is 13.7 Å². The summed E-state index contributed by atoms with van der Waals surface area (Å²) in [7, 11) is 1.52. The molecular formula is C19H26N2O6. The second-order valence-corrected chi connectivity index (χ2v) is 5.62. The van der Waals surface area contributed by atoms with Crippen LogP contribution < -0.4 is 20.1 Å². The minimum atomic E-state index is -0.708. The molecule has 8 heteroatoms. The van der Waals surface area contributed by atoms with Crippen molar-refractivity contribution < 1.29 is 28.6 Å². The molecule has 0 saturated carbocycles. The van der Waals surface area contributed by atoms with Crippen LogP contribution in [0.3, 0.4) is 0 Å². The number of hydrogen-bond donors (Lipinski definition) is 2. The largest absolute Gasteiger partial charge is 0.493 e. The summed E-state index contributed by atoms with van der Waals surface area (Å²) in [5.41, 5.74) is 0.699. The topological polar surface area (TPSA) is 103 Å². The van der Waals surface area contributed by atoms with Crippen LogP contribution in [0, 0.1) is 0 Å². The highest BCUT2D eigenvalue weighted by molar-refractivity contribution is 5.96. The van der Waals surface area contributed by atoms with Crippen LogP contribution in [0.1, 0.15) is 32.8 Å². The maximum absolute atomic E-state index is 11.7. The Morgan fingerprint density at radius 1 is 1.19 bits per heavy atom. The minimum Gasteiger partial charge on any atom is -0.493 e. The Balaban J connectivity index is 2.50. The first kappa shape index (κ1) is 22.0. The number of benzene rings is 1. The minimum absolute atomic E-state index is 0.0608. The number of carbonyl (C=O) groups excluding carboxylic acids is 3. The van der Waals surface area contributed by atoms with Gasteiger partial charge in [0, 0.05) is 12.1 Å². The summed E-state index contributed by atoms with van der Waals surface area (Å²) < 4.78 is 15.5. The van der Waals surface area contributed by atoms with E-state index in [1.807, 2.05) is 20.8 Å². The maximum Gasteiger partial charge on any atom is 0.331 e. The molecule has 0 aliphatic rings. The van der Waals surface area contributed by atoms with Gasteiger partial charge < -0.3 is 19.5 Å². The lowest BCUT2D eigenvalue weighted by Gasteiger charge is -2.11. The van der Waals surface area contributed by atoms with Gasteiger partial charge >= 0.3 is 12.0 Å². The molecule has 3 amide bonds. The Labute approximate surface area is 158 Å². The van der Waals surface area contributed by atoms with Crippen molar-refractivity contribution in [2.75, 3.05) is 20.3 Å². The van der Waals surface area contributed by atoms with Gasteiger partial charge in [-0.1, -0.05) is 13.0 Å². The number of esters is 1. The fraction of sp³-hybridized carbons (Fsp3) is 0.421. The first-order valence-corrected chi connectivity index (χ1v) is 8.65. The molecule has 1 aromatic rings. The zero-order chi connectivity index (χ0) is 20.2. The smallest absolute Gasteiger partial charge is 0.331 e. The Hall–Kier alpha value is -3.03. The van der Waals surface area contributed by atoms with Gasteiger partial charge in [-0.3, -0.25) is 10.1 Å². The fourth-order valence-electron chi connectivity index (χ4n) is 1.94. The van der Waals surface area contributed by atoms with Crippen molar-refractivity contribution >= 4 is 24.0 Å². The van der Waals surface area contributed by atoms with Gasteiger partial charge in [-0.15, -0.1) is 0 Å². The molecule has 0 aromatic heterocycles. The number of amides is 3. The summed E-state index contributed by atoms with van der Waals surface area (Å²) in [6.45, 7) is 5.54. The molecule has 0 saturated heterocycles. The van der Waals surface area contributed by atoms with E-state index in [4.69, 9.17) is 14.2 Å². The molecule has 0 heterocycles. The molecule has 8 nitrogen and oxygen atoms in total. The molecule has 0 radical (unpaired) electrons. The Bertz CT molecular complexity index is 687. The number of urea groups is 1. The fourth-order valence-corrected chi connectivity index (χ4v) is 1.94. The van der Waals surface area contributed by atoms with E-state index in [-0.39, 0.29) is 6.04 Å². The van der Waals surface area contributed by atoms with Crippen LogP contribution in [0.5, 0.6) is 11.5 Å². The van der Waals surface area contributed by atoms with Gasteiger partial charge in [0.2, 0.25) is 0 Å². The normalized spacial score (nSPS) is 11.6. The molecular weight excluding hydrogens is 352 g/mol. The standard InChI is InChI=1S/C19H26N2O6/c1-5-13(3)20-19(24)21-17(22)12-27-18(23)10-8-14-7-9-15(26-6-2)16(11-14)25-4/h7-11,13H,5-6,12H2,1-4H3,(H2,20,21,22,24)/b10-8+/t13-/m1/s1. The number of hydrogen-bond acceptors (Lipinski definition) is 6. The van der Waals surface area contributed by atoms with E-state index >= 15 is 0 Å². The lowest BCUT2D eigenvalue weighted by molar-refractivity contribution is -0.143. The number of imide groups is 1. The first-order valence-electron chi connectivity index (χ1n) is 8.65. The average Bonchev–Trinajstić information content (AvgIpc) is 2.65. The third kappa shape index (κ3) is 8.26. The van der Waals surface area contributed by atoms with Crippen molar-refractivity contribution in [3.63, 3.8) is 0 Å². The van der Waals surface area contributed by atoms with Crippen LogP contribution in [0.25, 0.3) is 6.08 Å². The molecule has 1 atom stereocenters. The van der Waals surface area contributed by atoms with Crippen LogP contribution in [0.15, 0.2) is 24.3 Å². The average molecular weight is 378 g/mol. The summed E-state index contributed by atoms with van der Waals surface area (Å²) in [6, 6.07) is 4.51.